The Morgan fingerprint density at radius 1 is 1.00 bits per heavy atom. The fraction of sp³-hybridized carbons (Fsp3) is 0.594. The van der Waals surface area contributed by atoms with Crippen LogP contribution in [0.2, 0.25) is 5.28 Å². The molecule has 0 saturated carbocycles. The quantitative estimate of drug-likeness (QED) is 0.117. The first kappa shape index (κ1) is 37.2. The molecule has 268 valence electrons. The van der Waals surface area contributed by atoms with E-state index in [1.165, 1.54) is 23.0 Å². The van der Waals surface area contributed by atoms with Crippen LogP contribution in [-0.4, -0.2) is 115 Å². The molecule has 4 heterocycles. The Morgan fingerprint density at radius 2 is 1.65 bits per heavy atom. The molecule has 2 saturated heterocycles. The highest BCUT2D eigenvalue weighted by atomic mass is 35.5. The molecule has 0 bridgehead atoms. The number of halogens is 4. The normalized spacial score (nSPS) is 21.7. The number of ether oxygens (including phenoxy) is 7. The summed E-state index contributed by atoms with van der Waals surface area (Å²) in [5.74, 6) is 1.70. The molecule has 0 spiro atoms. The third-order valence-electron chi connectivity index (χ3n) is 7.74. The van der Waals surface area contributed by atoms with Crippen molar-refractivity contribution < 1.29 is 51.4 Å². The van der Waals surface area contributed by atoms with Gasteiger partial charge in [-0.3, -0.25) is 0 Å². The van der Waals surface area contributed by atoms with Gasteiger partial charge in [0.1, 0.15) is 30.7 Å². The predicted octanol–water partition coefficient (Wildman–Crippen LogP) is 3.61. The van der Waals surface area contributed by atoms with Crippen LogP contribution in [0.15, 0.2) is 30.5 Å². The number of fused-ring (bicyclic) bond motifs is 2. The Kier molecular flexibility index (Phi) is 12.7. The van der Waals surface area contributed by atoms with E-state index in [9.17, 15) is 18.3 Å². The second kappa shape index (κ2) is 16.7. The van der Waals surface area contributed by atoms with Crippen LogP contribution in [0, 0.1) is 12.3 Å². The zero-order valence-corrected chi connectivity index (χ0v) is 27.9. The molecule has 2 aromatic heterocycles. The number of anilines is 1. The standard InChI is InChI=1S/C32H39ClF3N5O8/c1-4-10-43-12-14-45-16-17-46-15-13-44-11-9-40(19-21-7-5-6-8-23(21)32(34,35)36)27-22-18-37-41(28(22)39-30(33)38-27)29-26-25(24(20-42)47-29)48-31(2,3)49-26/h1,5-8,18,24-26,29,42H,9-17,19-20H2,2-3H3/t24-,25-,26-,29-/m1/s1. The molecule has 2 fully saturated rings. The highest BCUT2D eigenvalue weighted by Gasteiger charge is 2.56. The number of nitrogens with zero attached hydrogens (tertiary/aromatic N) is 5. The summed E-state index contributed by atoms with van der Waals surface area (Å²) < 4.78 is 83.4. The average molecular weight is 714 g/mol. The first-order valence-electron chi connectivity index (χ1n) is 15.7. The van der Waals surface area contributed by atoms with Gasteiger partial charge in [0.05, 0.1) is 70.0 Å². The number of hydrogen-bond acceptors (Lipinski definition) is 12. The average Bonchev–Trinajstić information content (AvgIpc) is 3.72. The van der Waals surface area contributed by atoms with Crippen LogP contribution < -0.4 is 4.90 Å². The van der Waals surface area contributed by atoms with Gasteiger partial charge in [0.25, 0.3) is 0 Å². The molecule has 3 aromatic rings. The first-order valence-corrected chi connectivity index (χ1v) is 16.1. The number of benzene rings is 1. The maximum atomic E-state index is 14.0. The highest BCUT2D eigenvalue weighted by molar-refractivity contribution is 6.28. The molecule has 17 heteroatoms. The summed E-state index contributed by atoms with van der Waals surface area (Å²) in [5, 5.41) is 14.7. The van der Waals surface area contributed by atoms with E-state index in [0.29, 0.717) is 31.8 Å². The Balaban J connectivity index is 1.31. The molecule has 4 atom stereocenters. The molecule has 0 aliphatic carbocycles. The van der Waals surface area contributed by atoms with E-state index < -0.39 is 42.1 Å². The molecule has 0 radical (unpaired) electrons. The smallest absolute Gasteiger partial charge is 0.394 e. The van der Waals surface area contributed by atoms with Gasteiger partial charge in [-0.1, -0.05) is 24.1 Å². The minimum Gasteiger partial charge on any atom is -0.394 e. The van der Waals surface area contributed by atoms with Crippen molar-refractivity contribution in [1.29, 1.82) is 0 Å². The van der Waals surface area contributed by atoms with Gasteiger partial charge in [-0.25, -0.2) is 4.68 Å². The molecule has 13 nitrogen and oxygen atoms in total. The summed E-state index contributed by atoms with van der Waals surface area (Å²) in [6.45, 7) is 5.56. The number of hydrogen-bond donors (Lipinski definition) is 1. The molecule has 1 N–H and O–H groups in total. The van der Waals surface area contributed by atoms with E-state index >= 15 is 0 Å². The Bertz CT molecular complexity index is 1570. The van der Waals surface area contributed by atoms with Crippen LogP contribution in [0.4, 0.5) is 19.0 Å². The van der Waals surface area contributed by atoms with E-state index in [0.717, 1.165) is 6.07 Å². The van der Waals surface area contributed by atoms with Crippen LogP contribution in [-0.2, 0) is 45.9 Å². The van der Waals surface area contributed by atoms with E-state index in [1.807, 2.05) is 0 Å². The first-order chi connectivity index (χ1) is 23.5. The molecule has 2 aliphatic heterocycles. The second-order valence-electron chi connectivity index (χ2n) is 11.6. The number of aliphatic hydroxyl groups is 1. The van der Waals surface area contributed by atoms with Crippen LogP contribution in [0.5, 0.6) is 0 Å². The second-order valence-corrected chi connectivity index (χ2v) is 12.0. The molecular weight excluding hydrogens is 675 g/mol. The predicted molar refractivity (Wildman–Crippen MR) is 170 cm³/mol. The van der Waals surface area contributed by atoms with E-state index in [4.69, 9.17) is 51.2 Å². The lowest BCUT2D eigenvalue weighted by atomic mass is 10.1. The largest absolute Gasteiger partial charge is 0.416 e. The summed E-state index contributed by atoms with van der Waals surface area (Å²) in [4.78, 5) is 10.5. The van der Waals surface area contributed by atoms with Gasteiger partial charge in [0.2, 0.25) is 5.28 Å². The van der Waals surface area contributed by atoms with Crippen molar-refractivity contribution in [3.05, 3.63) is 46.9 Å². The van der Waals surface area contributed by atoms with Crippen LogP contribution >= 0.6 is 11.6 Å². The minimum absolute atomic E-state index is 0.0322. The fourth-order valence-corrected chi connectivity index (χ4v) is 5.84. The van der Waals surface area contributed by atoms with Gasteiger partial charge in [-0.15, -0.1) is 6.42 Å². The number of rotatable bonds is 18. The molecule has 49 heavy (non-hydrogen) atoms. The Labute approximate surface area is 286 Å². The van der Waals surface area contributed by atoms with Crippen molar-refractivity contribution in [2.75, 3.05) is 70.9 Å². The summed E-state index contributed by atoms with van der Waals surface area (Å²) in [6.07, 6.45) is -0.680. The minimum atomic E-state index is -4.57. The van der Waals surface area contributed by atoms with Crippen LogP contribution in [0.1, 0.15) is 31.2 Å². The lowest BCUT2D eigenvalue weighted by Gasteiger charge is -2.26. The van der Waals surface area contributed by atoms with Crippen molar-refractivity contribution in [1.82, 2.24) is 19.7 Å². The monoisotopic (exact) mass is 713 g/mol. The summed E-state index contributed by atoms with van der Waals surface area (Å²) in [5.41, 5.74) is -0.476. The number of alkyl halides is 3. The van der Waals surface area contributed by atoms with Crippen molar-refractivity contribution in [2.45, 2.75) is 56.9 Å². The van der Waals surface area contributed by atoms with Gasteiger partial charge >= 0.3 is 6.18 Å². The Morgan fingerprint density at radius 3 is 2.33 bits per heavy atom. The number of terminal acetylenes is 1. The summed E-state index contributed by atoms with van der Waals surface area (Å²) >= 11 is 6.43. The molecule has 5 rings (SSSR count). The lowest BCUT2D eigenvalue weighted by Crippen LogP contribution is -2.31. The zero-order chi connectivity index (χ0) is 35.0. The van der Waals surface area contributed by atoms with Gasteiger partial charge in [-0.05, 0) is 37.1 Å². The van der Waals surface area contributed by atoms with E-state index in [2.05, 4.69) is 21.0 Å². The van der Waals surface area contributed by atoms with Crippen molar-refractivity contribution in [3.63, 3.8) is 0 Å². The fourth-order valence-electron chi connectivity index (χ4n) is 5.68. The topological polar surface area (TPSA) is 132 Å². The van der Waals surface area contributed by atoms with Crippen molar-refractivity contribution >= 4 is 28.5 Å². The highest BCUT2D eigenvalue weighted by Crippen LogP contribution is 2.44. The van der Waals surface area contributed by atoms with Gasteiger partial charge in [0.15, 0.2) is 17.7 Å². The molecular formula is C32H39ClF3N5O8. The Hall–Kier alpha value is -3.11. The van der Waals surface area contributed by atoms with E-state index in [1.54, 1.807) is 24.8 Å². The van der Waals surface area contributed by atoms with Crippen LogP contribution in [0.25, 0.3) is 11.0 Å². The molecule has 0 unspecified atom stereocenters. The molecule has 2 aliphatic rings. The summed E-state index contributed by atoms with van der Waals surface area (Å²) in [6, 6.07) is 5.33. The van der Waals surface area contributed by atoms with Crippen molar-refractivity contribution in [2.24, 2.45) is 0 Å². The van der Waals surface area contributed by atoms with Gasteiger partial charge < -0.3 is 43.2 Å². The number of aliphatic hydroxyl groups excluding tert-OH is 1. The van der Waals surface area contributed by atoms with E-state index in [-0.39, 0.29) is 68.4 Å². The molecule has 0 amide bonds. The van der Waals surface area contributed by atoms with Gasteiger partial charge in [0, 0.05) is 13.1 Å². The van der Waals surface area contributed by atoms with Gasteiger partial charge in [-0.2, -0.15) is 28.2 Å². The zero-order valence-electron chi connectivity index (χ0n) is 27.1. The van der Waals surface area contributed by atoms with Crippen molar-refractivity contribution in [3.8, 4) is 12.3 Å². The maximum absolute atomic E-state index is 14.0. The van der Waals surface area contributed by atoms with Crippen LogP contribution in [0.3, 0.4) is 0 Å². The SMILES string of the molecule is C#CCOCCOCCOCCOCCN(Cc1ccccc1C(F)(F)F)c1nc(Cl)nc2c1cnn2[C@@H]1O[C@H](CO)[C@H]2OC(C)(C)O[C@H]21. The number of aromatic nitrogens is 4. The third kappa shape index (κ3) is 9.37. The summed E-state index contributed by atoms with van der Waals surface area (Å²) in [7, 11) is 0. The lowest BCUT2D eigenvalue weighted by molar-refractivity contribution is -0.201. The third-order valence-corrected chi connectivity index (χ3v) is 7.91. The molecule has 1 aromatic carbocycles. The maximum Gasteiger partial charge on any atom is 0.416 e.